The maximum absolute atomic E-state index is 11.6. The molecule has 0 saturated carbocycles. The number of rotatable bonds is 0. The number of fused-ring (bicyclic) bond motifs is 3. The Balaban J connectivity index is 2.12. The number of nitrogens with zero attached hydrogens (tertiary/aromatic N) is 1. The molecule has 1 aromatic rings. The molecule has 2 atom stereocenters. The Kier molecular flexibility index (Phi) is 1.84. The third-order valence-electron chi connectivity index (χ3n) is 3.63. The maximum Gasteiger partial charge on any atom is 0.223 e. The molecule has 1 fully saturated rings. The smallest absolute Gasteiger partial charge is 0.223 e. The molecule has 1 amide bonds. The van der Waals surface area contributed by atoms with Crippen LogP contribution in [0.1, 0.15) is 23.6 Å². The van der Waals surface area contributed by atoms with Crippen molar-refractivity contribution in [1.29, 1.82) is 0 Å². The zero-order chi connectivity index (χ0) is 10.6. The van der Waals surface area contributed by atoms with Crippen molar-refractivity contribution < 1.29 is 4.79 Å². The summed E-state index contributed by atoms with van der Waals surface area (Å²) in [6, 6.07) is 6.27. The lowest BCUT2D eigenvalue weighted by atomic mass is 10.0. The molecule has 1 aromatic carbocycles. The second-order valence-corrected chi connectivity index (χ2v) is 4.83. The lowest BCUT2D eigenvalue weighted by Crippen LogP contribution is -2.22. The minimum absolute atomic E-state index is 0.260. The SMILES string of the molecule is CN1C(=O)CC2Cc3c(Cl)cccc3C21. The minimum Gasteiger partial charge on any atom is -0.338 e. The summed E-state index contributed by atoms with van der Waals surface area (Å²) in [7, 11) is 1.89. The first-order valence-electron chi connectivity index (χ1n) is 5.21. The van der Waals surface area contributed by atoms with E-state index in [4.69, 9.17) is 11.6 Å². The lowest BCUT2D eigenvalue weighted by Gasteiger charge is -2.20. The molecule has 0 spiro atoms. The minimum atomic E-state index is 0.260. The number of hydrogen-bond acceptors (Lipinski definition) is 1. The first-order valence-corrected chi connectivity index (χ1v) is 5.59. The predicted octanol–water partition coefficient (Wildman–Crippen LogP) is 2.42. The highest BCUT2D eigenvalue weighted by Gasteiger charge is 2.44. The van der Waals surface area contributed by atoms with Crippen LogP contribution in [0.25, 0.3) is 0 Å². The lowest BCUT2D eigenvalue weighted by molar-refractivity contribution is -0.127. The number of likely N-dealkylation sites (tertiary alicyclic amines) is 1. The van der Waals surface area contributed by atoms with Gasteiger partial charge in [0.05, 0.1) is 6.04 Å². The standard InChI is InChI=1S/C12H12ClNO/c1-14-11(15)6-7-5-9-8(12(7)14)3-2-4-10(9)13/h2-4,7,12H,5-6H2,1H3. The van der Waals surface area contributed by atoms with Gasteiger partial charge in [-0.05, 0) is 29.5 Å². The molecule has 1 saturated heterocycles. The Bertz CT molecular complexity index is 443. The molecule has 0 bridgehead atoms. The number of benzene rings is 1. The van der Waals surface area contributed by atoms with Gasteiger partial charge in [-0.15, -0.1) is 0 Å². The summed E-state index contributed by atoms with van der Waals surface area (Å²) >= 11 is 6.16. The molecule has 1 aliphatic carbocycles. The molecule has 3 rings (SSSR count). The van der Waals surface area contributed by atoms with Gasteiger partial charge in [0.1, 0.15) is 0 Å². The van der Waals surface area contributed by atoms with Crippen molar-refractivity contribution in [3.63, 3.8) is 0 Å². The summed E-state index contributed by atoms with van der Waals surface area (Å²) in [5, 5.41) is 0.850. The fourth-order valence-electron chi connectivity index (χ4n) is 2.93. The average molecular weight is 222 g/mol. The molecule has 2 unspecified atom stereocenters. The Hall–Kier alpha value is -1.02. The fraction of sp³-hybridized carbons (Fsp3) is 0.417. The van der Waals surface area contributed by atoms with Crippen LogP contribution in [-0.4, -0.2) is 17.9 Å². The molecule has 15 heavy (non-hydrogen) atoms. The predicted molar refractivity (Wildman–Crippen MR) is 58.8 cm³/mol. The van der Waals surface area contributed by atoms with Gasteiger partial charge in [0.25, 0.3) is 0 Å². The van der Waals surface area contributed by atoms with Gasteiger partial charge in [0, 0.05) is 18.5 Å². The van der Waals surface area contributed by atoms with Gasteiger partial charge >= 0.3 is 0 Å². The first kappa shape index (κ1) is 9.22. The van der Waals surface area contributed by atoms with Crippen LogP contribution >= 0.6 is 11.6 Å². The van der Waals surface area contributed by atoms with E-state index in [1.807, 2.05) is 24.1 Å². The Morgan fingerprint density at radius 2 is 2.20 bits per heavy atom. The van der Waals surface area contributed by atoms with Crippen LogP contribution in [0.2, 0.25) is 5.02 Å². The van der Waals surface area contributed by atoms with Crippen molar-refractivity contribution in [3.8, 4) is 0 Å². The van der Waals surface area contributed by atoms with E-state index in [9.17, 15) is 4.79 Å². The van der Waals surface area contributed by atoms with Crippen molar-refractivity contribution in [2.45, 2.75) is 18.9 Å². The fourth-order valence-corrected chi connectivity index (χ4v) is 3.19. The van der Waals surface area contributed by atoms with Gasteiger partial charge in [0.15, 0.2) is 0 Å². The van der Waals surface area contributed by atoms with E-state index in [-0.39, 0.29) is 11.9 Å². The highest BCUT2D eigenvalue weighted by atomic mass is 35.5. The summed E-state index contributed by atoms with van der Waals surface area (Å²) in [5.41, 5.74) is 2.49. The van der Waals surface area contributed by atoms with Crippen molar-refractivity contribution in [1.82, 2.24) is 4.90 Å². The van der Waals surface area contributed by atoms with Crippen molar-refractivity contribution in [2.75, 3.05) is 7.05 Å². The summed E-state index contributed by atoms with van der Waals surface area (Å²) < 4.78 is 0. The third-order valence-corrected chi connectivity index (χ3v) is 3.99. The van der Waals surface area contributed by atoms with Gasteiger partial charge < -0.3 is 4.90 Å². The number of carbonyl (C=O) groups excluding carboxylic acids is 1. The van der Waals surface area contributed by atoms with E-state index in [0.29, 0.717) is 12.3 Å². The van der Waals surface area contributed by atoms with Crippen LogP contribution in [-0.2, 0) is 11.2 Å². The second-order valence-electron chi connectivity index (χ2n) is 4.43. The van der Waals surface area contributed by atoms with Crippen molar-refractivity contribution >= 4 is 17.5 Å². The molecule has 0 aromatic heterocycles. The van der Waals surface area contributed by atoms with E-state index < -0.39 is 0 Å². The van der Waals surface area contributed by atoms with Crippen LogP contribution in [0.15, 0.2) is 18.2 Å². The van der Waals surface area contributed by atoms with Gasteiger partial charge in [-0.25, -0.2) is 0 Å². The monoisotopic (exact) mass is 221 g/mol. The van der Waals surface area contributed by atoms with E-state index in [2.05, 4.69) is 6.07 Å². The first-order chi connectivity index (χ1) is 7.18. The van der Waals surface area contributed by atoms with Crippen LogP contribution in [0, 0.1) is 5.92 Å². The Labute approximate surface area is 93.8 Å². The molecule has 1 aliphatic heterocycles. The average Bonchev–Trinajstić information content (AvgIpc) is 2.68. The molecular weight excluding hydrogens is 210 g/mol. The Morgan fingerprint density at radius 1 is 1.40 bits per heavy atom. The van der Waals surface area contributed by atoms with Crippen LogP contribution in [0.4, 0.5) is 0 Å². The molecule has 2 nitrogen and oxygen atoms in total. The number of halogens is 1. The van der Waals surface area contributed by atoms with E-state index in [0.717, 1.165) is 11.4 Å². The van der Waals surface area contributed by atoms with Crippen molar-refractivity contribution in [2.24, 2.45) is 5.92 Å². The van der Waals surface area contributed by atoms with Crippen LogP contribution in [0.3, 0.4) is 0 Å². The molecule has 2 aliphatic rings. The van der Waals surface area contributed by atoms with Gasteiger partial charge in [-0.2, -0.15) is 0 Å². The molecule has 78 valence electrons. The van der Waals surface area contributed by atoms with Crippen LogP contribution < -0.4 is 0 Å². The summed E-state index contributed by atoms with van der Waals surface area (Å²) in [4.78, 5) is 13.4. The summed E-state index contributed by atoms with van der Waals surface area (Å²) in [6.07, 6.45) is 1.63. The Morgan fingerprint density at radius 3 is 3.00 bits per heavy atom. The van der Waals surface area contributed by atoms with E-state index in [1.54, 1.807) is 0 Å². The number of hydrogen-bond donors (Lipinski definition) is 0. The van der Waals surface area contributed by atoms with Gasteiger partial charge in [0.2, 0.25) is 5.91 Å². The largest absolute Gasteiger partial charge is 0.338 e. The zero-order valence-corrected chi connectivity index (χ0v) is 9.29. The molecule has 0 radical (unpaired) electrons. The third kappa shape index (κ3) is 1.14. The van der Waals surface area contributed by atoms with Crippen LogP contribution in [0.5, 0.6) is 0 Å². The number of amides is 1. The molecular formula is C12H12ClNO. The summed E-state index contributed by atoms with van der Waals surface area (Å²) in [6.45, 7) is 0. The summed E-state index contributed by atoms with van der Waals surface area (Å²) in [5.74, 6) is 0.702. The van der Waals surface area contributed by atoms with Gasteiger partial charge in [-0.1, -0.05) is 23.7 Å². The zero-order valence-electron chi connectivity index (χ0n) is 8.53. The van der Waals surface area contributed by atoms with Gasteiger partial charge in [-0.3, -0.25) is 4.79 Å². The topological polar surface area (TPSA) is 20.3 Å². The quantitative estimate of drug-likeness (QED) is 0.659. The van der Waals surface area contributed by atoms with Crippen molar-refractivity contribution in [3.05, 3.63) is 34.3 Å². The maximum atomic E-state index is 11.6. The highest BCUT2D eigenvalue weighted by molar-refractivity contribution is 6.31. The molecule has 0 N–H and O–H groups in total. The van der Waals surface area contributed by atoms with E-state index in [1.165, 1.54) is 11.1 Å². The molecule has 1 heterocycles. The normalized spacial score (nSPS) is 28.1. The number of carbonyl (C=O) groups is 1. The van der Waals surface area contributed by atoms with E-state index >= 15 is 0 Å². The molecule has 3 heteroatoms. The highest BCUT2D eigenvalue weighted by Crippen LogP contribution is 2.47. The second kappa shape index (κ2) is 2.99.